The Morgan fingerprint density at radius 1 is 1.36 bits per heavy atom. The molecule has 116 valence electrons. The van der Waals surface area contributed by atoms with Crippen LogP contribution < -0.4 is 5.32 Å². The molecule has 0 bridgehead atoms. The van der Waals surface area contributed by atoms with Gasteiger partial charge in [-0.05, 0) is 30.9 Å². The Bertz CT molecular complexity index is 715. The van der Waals surface area contributed by atoms with Crippen LogP contribution in [-0.2, 0) is 16.0 Å². The second-order valence-corrected chi connectivity index (χ2v) is 5.85. The summed E-state index contributed by atoms with van der Waals surface area (Å²) in [5, 5.41) is 4.66. The van der Waals surface area contributed by atoms with Crippen LogP contribution in [0.3, 0.4) is 0 Å². The lowest BCUT2D eigenvalue weighted by Crippen LogP contribution is -2.28. The molecule has 0 spiro atoms. The molecule has 0 radical (unpaired) electrons. The van der Waals surface area contributed by atoms with Gasteiger partial charge in [0.25, 0.3) is 0 Å². The van der Waals surface area contributed by atoms with E-state index in [1.807, 2.05) is 13.0 Å². The van der Waals surface area contributed by atoms with Gasteiger partial charge < -0.3 is 15.0 Å². The fourth-order valence-corrected chi connectivity index (χ4v) is 3.06. The number of para-hydroxylation sites is 1. The fourth-order valence-electron chi connectivity index (χ4n) is 3.06. The van der Waals surface area contributed by atoms with E-state index in [0.29, 0.717) is 5.76 Å². The number of H-pyrrole nitrogens is 1. The highest BCUT2D eigenvalue weighted by molar-refractivity contribution is 5.96. The predicted molar refractivity (Wildman–Crippen MR) is 87.4 cm³/mol. The summed E-state index contributed by atoms with van der Waals surface area (Å²) in [6, 6.07) is 8.30. The topological polar surface area (TPSA) is 54.1 Å². The summed E-state index contributed by atoms with van der Waals surface area (Å²) in [5.74, 6) is 0.690. The number of aromatic nitrogens is 1. The van der Waals surface area contributed by atoms with E-state index in [0.717, 1.165) is 37.0 Å². The van der Waals surface area contributed by atoms with Crippen molar-refractivity contribution in [1.29, 1.82) is 0 Å². The van der Waals surface area contributed by atoms with E-state index >= 15 is 0 Å². The van der Waals surface area contributed by atoms with Crippen molar-refractivity contribution in [3.8, 4) is 0 Å². The van der Waals surface area contributed by atoms with Crippen LogP contribution in [-0.4, -0.2) is 24.4 Å². The van der Waals surface area contributed by atoms with E-state index < -0.39 is 0 Å². The molecule has 2 aromatic rings. The first-order chi connectivity index (χ1) is 10.7. The van der Waals surface area contributed by atoms with Crippen LogP contribution in [0, 0.1) is 5.92 Å². The summed E-state index contributed by atoms with van der Waals surface area (Å²) in [6.07, 6.45) is 4.74. The summed E-state index contributed by atoms with van der Waals surface area (Å²) in [4.78, 5) is 15.4. The molecular formula is C18H22N2O2. The van der Waals surface area contributed by atoms with Crippen molar-refractivity contribution in [3.63, 3.8) is 0 Å². The Balaban J connectivity index is 1.68. The van der Waals surface area contributed by atoms with Gasteiger partial charge in [0.1, 0.15) is 0 Å². The van der Waals surface area contributed by atoms with Crippen LogP contribution in [0.2, 0.25) is 0 Å². The zero-order valence-electron chi connectivity index (χ0n) is 13.1. The zero-order chi connectivity index (χ0) is 15.5. The number of nitrogens with one attached hydrogen (secondary N) is 2. The molecule has 1 aromatic carbocycles. The highest BCUT2D eigenvalue weighted by Crippen LogP contribution is 2.25. The van der Waals surface area contributed by atoms with Gasteiger partial charge in [0, 0.05) is 29.6 Å². The molecule has 1 atom stereocenters. The minimum Gasteiger partial charge on any atom is -0.491 e. The number of aromatic amines is 1. The van der Waals surface area contributed by atoms with Crippen LogP contribution >= 0.6 is 0 Å². The van der Waals surface area contributed by atoms with Gasteiger partial charge in [0.05, 0.1) is 12.8 Å². The van der Waals surface area contributed by atoms with Crippen molar-refractivity contribution >= 4 is 16.7 Å². The number of carbonyl (C=O) groups excluding carboxylic acids is 1. The molecule has 22 heavy (non-hydrogen) atoms. The normalized spacial score (nSPS) is 18.8. The quantitative estimate of drug-likeness (QED) is 0.891. The lowest BCUT2D eigenvalue weighted by molar-refractivity contribution is -0.122. The van der Waals surface area contributed by atoms with Crippen molar-refractivity contribution in [2.45, 2.75) is 26.2 Å². The largest absolute Gasteiger partial charge is 0.491 e. The number of ether oxygens (including phenoxy) is 1. The fraction of sp³-hybridized carbons (Fsp3) is 0.389. The first-order valence-corrected chi connectivity index (χ1v) is 7.81. The molecule has 1 heterocycles. The molecule has 0 saturated carbocycles. The number of allylic oxidation sites excluding steroid dienone is 2. The monoisotopic (exact) mass is 298 g/mol. The first-order valence-electron chi connectivity index (χ1n) is 7.81. The lowest BCUT2D eigenvalue weighted by atomic mass is 9.91. The van der Waals surface area contributed by atoms with E-state index in [-0.39, 0.29) is 11.7 Å². The second-order valence-electron chi connectivity index (χ2n) is 5.85. The molecule has 4 nitrogen and oxygen atoms in total. The van der Waals surface area contributed by atoms with Gasteiger partial charge >= 0.3 is 0 Å². The number of hydrogen-bond donors (Lipinski definition) is 2. The third-order valence-corrected chi connectivity index (χ3v) is 4.38. The summed E-state index contributed by atoms with van der Waals surface area (Å²) in [7, 11) is 1.58. The van der Waals surface area contributed by atoms with Gasteiger partial charge in [0.15, 0.2) is 5.76 Å². The minimum atomic E-state index is 0.0640. The molecule has 0 fully saturated rings. The van der Waals surface area contributed by atoms with Crippen LogP contribution in [0.25, 0.3) is 10.9 Å². The molecule has 3 rings (SSSR count). The number of fused-ring (bicyclic) bond motifs is 1. The van der Waals surface area contributed by atoms with Gasteiger partial charge in [-0.2, -0.15) is 0 Å². The van der Waals surface area contributed by atoms with Gasteiger partial charge in [0.2, 0.25) is 5.78 Å². The molecule has 0 aliphatic heterocycles. The Hall–Kier alpha value is -2.23. The number of ketones is 1. The molecule has 1 aliphatic rings. The molecule has 4 heteroatoms. The van der Waals surface area contributed by atoms with Crippen molar-refractivity contribution in [1.82, 2.24) is 10.3 Å². The van der Waals surface area contributed by atoms with Crippen molar-refractivity contribution in [3.05, 3.63) is 47.5 Å². The maximum Gasteiger partial charge on any atom is 0.201 e. The van der Waals surface area contributed by atoms with Crippen molar-refractivity contribution < 1.29 is 9.53 Å². The minimum absolute atomic E-state index is 0.0640. The number of Topliss-reactive ketones (excluding diaryl/α,β-unsaturated/α-hetero) is 1. The van der Waals surface area contributed by atoms with Crippen LogP contribution in [0.4, 0.5) is 0 Å². The molecule has 1 unspecified atom stereocenters. The van der Waals surface area contributed by atoms with Crippen molar-refractivity contribution in [2.24, 2.45) is 5.92 Å². The highest BCUT2D eigenvalue weighted by Gasteiger charge is 2.27. The van der Waals surface area contributed by atoms with Crippen LogP contribution in [0.1, 0.15) is 25.3 Å². The second kappa shape index (κ2) is 6.26. The Kier molecular flexibility index (Phi) is 4.18. The summed E-state index contributed by atoms with van der Waals surface area (Å²) < 4.78 is 5.31. The van der Waals surface area contributed by atoms with Gasteiger partial charge in [-0.3, -0.25) is 4.79 Å². The van der Waals surface area contributed by atoms with E-state index in [1.54, 1.807) is 7.11 Å². The number of hydrogen-bond acceptors (Lipinski definition) is 3. The molecule has 0 amide bonds. The average molecular weight is 298 g/mol. The van der Waals surface area contributed by atoms with Crippen molar-refractivity contribution in [2.75, 3.05) is 13.7 Å². The standard InChI is InChI=1S/C18H22N2O2/c1-12-7-8-16(18(22-2)17(12)21)19-10-9-13-11-20-15-6-4-3-5-14(13)15/h3-6,11-12,19-20H,7-10H2,1-2H3. The average Bonchev–Trinajstić information content (AvgIpc) is 2.94. The van der Waals surface area contributed by atoms with E-state index in [4.69, 9.17) is 4.74 Å². The number of benzene rings is 1. The summed E-state index contributed by atoms with van der Waals surface area (Å²) >= 11 is 0. The number of methoxy groups -OCH3 is 1. The Morgan fingerprint density at radius 3 is 3.00 bits per heavy atom. The summed E-state index contributed by atoms with van der Waals surface area (Å²) in [5.41, 5.74) is 3.40. The Labute approximate surface area is 130 Å². The highest BCUT2D eigenvalue weighted by atomic mass is 16.5. The van der Waals surface area contributed by atoms with Gasteiger partial charge in [-0.15, -0.1) is 0 Å². The van der Waals surface area contributed by atoms with Crippen LogP contribution in [0.15, 0.2) is 41.9 Å². The predicted octanol–water partition coefficient (Wildman–Crippen LogP) is 3.16. The van der Waals surface area contributed by atoms with E-state index in [2.05, 4.69) is 34.7 Å². The smallest absolute Gasteiger partial charge is 0.201 e. The van der Waals surface area contributed by atoms with E-state index in [9.17, 15) is 4.79 Å². The van der Waals surface area contributed by atoms with Crippen LogP contribution in [0.5, 0.6) is 0 Å². The maximum absolute atomic E-state index is 12.1. The SMILES string of the molecule is COC1=C(NCCc2c[nH]c3ccccc23)CCC(C)C1=O. The third kappa shape index (κ3) is 2.73. The summed E-state index contributed by atoms with van der Waals surface area (Å²) in [6.45, 7) is 2.76. The molecule has 1 aromatic heterocycles. The van der Waals surface area contributed by atoms with Gasteiger partial charge in [-0.25, -0.2) is 0 Å². The molecule has 1 aliphatic carbocycles. The lowest BCUT2D eigenvalue weighted by Gasteiger charge is -2.23. The van der Waals surface area contributed by atoms with Gasteiger partial charge in [-0.1, -0.05) is 25.1 Å². The molecule has 0 saturated heterocycles. The maximum atomic E-state index is 12.1. The number of carbonyl (C=O) groups is 1. The molecular weight excluding hydrogens is 276 g/mol. The Morgan fingerprint density at radius 2 is 2.18 bits per heavy atom. The van der Waals surface area contributed by atoms with E-state index in [1.165, 1.54) is 10.9 Å². The third-order valence-electron chi connectivity index (χ3n) is 4.38. The first kappa shape index (κ1) is 14.7. The zero-order valence-corrected chi connectivity index (χ0v) is 13.1. The molecule has 2 N–H and O–H groups in total. The number of rotatable bonds is 5.